The Bertz CT molecular complexity index is 897. The van der Waals surface area contributed by atoms with Gasteiger partial charge in [0.05, 0.1) is 13.5 Å². The molecule has 1 aliphatic carbocycles. The largest absolute Gasteiger partial charge is 0.497 e. The van der Waals surface area contributed by atoms with Crippen LogP contribution in [0.3, 0.4) is 0 Å². The van der Waals surface area contributed by atoms with E-state index in [2.05, 4.69) is 11.4 Å². The highest BCUT2D eigenvalue weighted by molar-refractivity contribution is 5.88. The molecule has 1 saturated carbocycles. The molecule has 3 rings (SSSR count). The number of methoxy groups -OCH3 is 1. The monoisotopic (exact) mass is 436 g/mol. The molecule has 0 aliphatic heterocycles. The quantitative estimate of drug-likeness (QED) is 0.651. The molecule has 0 aromatic heterocycles. The minimum atomic E-state index is -0.544. The molecule has 2 aromatic carbocycles. The Morgan fingerprint density at radius 1 is 1.00 bits per heavy atom. The van der Waals surface area contributed by atoms with E-state index in [1.54, 1.807) is 12.0 Å². The summed E-state index contributed by atoms with van der Waals surface area (Å²) in [7, 11) is 1.63. The molecule has 5 heteroatoms. The third-order valence-electron chi connectivity index (χ3n) is 6.27. The van der Waals surface area contributed by atoms with Crippen LogP contribution in [-0.4, -0.2) is 35.9 Å². The maximum atomic E-state index is 13.4. The van der Waals surface area contributed by atoms with E-state index in [-0.39, 0.29) is 24.3 Å². The van der Waals surface area contributed by atoms with Crippen molar-refractivity contribution in [3.8, 4) is 5.75 Å². The van der Waals surface area contributed by atoms with Crippen LogP contribution in [0.5, 0.6) is 5.75 Å². The Balaban J connectivity index is 1.78. The number of benzene rings is 2. The molecule has 2 aromatic rings. The number of hydrogen-bond donors (Lipinski definition) is 1. The molecule has 1 fully saturated rings. The summed E-state index contributed by atoms with van der Waals surface area (Å²) in [6, 6.07) is 13.5. The number of carbonyl (C=O) groups excluding carboxylic acids is 2. The lowest BCUT2D eigenvalue weighted by Crippen LogP contribution is -2.50. The van der Waals surface area contributed by atoms with Crippen molar-refractivity contribution in [3.05, 3.63) is 64.7 Å². The number of carbonyl (C=O) groups is 2. The van der Waals surface area contributed by atoms with Gasteiger partial charge in [-0.15, -0.1) is 0 Å². The summed E-state index contributed by atoms with van der Waals surface area (Å²) in [4.78, 5) is 28.2. The second-order valence-electron chi connectivity index (χ2n) is 9.06. The highest BCUT2D eigenvalue weighted by atomic mass is 16.5. The average Bonchev–Trinajstić information content (AvgIpc) is 2.77. The van der Waals surface area contributed by atoms with Crippen LogP contribution in [0.4, 0.5) is 0 Å². The predicted octanol–water partition coefficient (Wildman–Crippen LogP) is 4.72. The van der Waals surface area contributed by atoms with Gasteiger partial charge in [0, 0.05) is 12.6 Å². The number of aryl methyl sites for hydroxylation is 2. The first kappa shape index (κ1) is 23.8. The molecule has 2 amide bonds. The minimum absolute atomic E-state index is 0.0443. The van der Waals surface area contributed by atoms with Gasteiger partial charge in [-0.05, 0) is 56.9 Å². The minimum Gasteiger partial charge on any atom is -0.497 e. The number of amides is 2. The molecule has 0 unspecified atom stereocenters. The van der Waals surface area contributed by atoms with Crippen molar-refractivity contribution < 1.29 is 14.3 Å². The van der Waals surface area contributed by atoms with E-state index in [1.807, 2.05) is 57.2 Å². The van der Waals surface area contributed by atoms with Gasteiger partial charge >= 0.3 is 0 Å². The van der Waals surface area contributed by atoms with E-state index < -0.39 is 6.04 Å². The van der Waals surface area contributed by atoms with Gasteiger partial charge in [-0.2, -0.15) is 0 Å². The standard InChI is InChI=1S/C27H36N2O3/c1-19-14-20(2)16-23(15-19)17-26(30)29(18-22-10-12-25(32-4)13-11-22)21(3)27(31)28-24-8-6-5-7-9-24/h10-16,21,24H,5-9,17-18H2,1-4H3,(H,28,31)/t21-/m1/s1. The van der Waals surface area contributed by atoms with Crippen LogP contribution in [0.15, 0.2) is 42.5 Å². The van der Waals surface area contributed by atoms with Crippen LogP contribution >= 0.6 is 0 Å². The van der Waals surface area contributed by atoms with Crippen molar-refractivity contribution >= 4 is 11.8 Å². The van der Waals surface area contributed by atoms with Crippen LogP contribution in [0.1, 0.15) is 61.3 Å². The van der Waals surface area contributed by atoms with Crippen LogP contribution < -0.4 is 10.1 Å². The molecular weight excluding hydrogens is 400 g/mol. The van der Waals surface area contributed by atoms with E-state index >= 15 is 0 Å². The van der Waals surface area contributed by atoms with E-state index in [9.17, 15) is 9.59 Å². The molecular formula is C27H36N2O3. The molecule has 0 bridgehead atoms. The van der Waals surface area contributed by atoms with E-state index in [0.717, 1.165) is 53.7 Å². The lowest BCUT2D eigenvalue weighted by molar-refractivity contribution is -0.140. The van der Waals surface area contributed by atoms with Gasteiger partial charge in [-0.3, -0.25) is 9.59 Å². The third-order valence-corrected chi connectivity index (χ3v) is 6.27. The fourth-order valence-electron chi connectivity index (χ4n) is 4.53. The number of ether oxygens (including phenoxy) is 1. The van der Waals surface area contributed by atoms with Gasteiger partial charge < -0.3 is 15.0 Å². The van der Waals surface area contributed by atoms with E-state index in [0.29, 0.717) is 6.54 Å². The van der Waals surface area contributed by atoms with Crippen LogP contribution in [0.2, 0.25) is 0 Å². The lowest BCUT2D eigenvalue weighted by Gasteiger charge is -2.31. The van der Waals surface area contributed by atoms with E-state index in [1.165, 1.54) is 6.42 Å². The van der Waals surface area contributed by atoms with Crippen molar-refractivity contribution in [1.29, 1.82) is 0 Å². The van der Waals surface area contributed by atoms with E-state index in [4.69, 9.17) is 4.74 Å². The molecule has 172 valence electrons. The van der Waals surface area contributed by atoms with Crippen molar-refractivity contribution in [3.63, 3.8) is 0 Å². The molecule has 1 atom stereocenters. The summed E-state index contributed by atoms with van der Waals surface area (Å²) >= 11 is 0. The van der Waals surface area contributed by atoms with Gasteiger partial charge in [-0.25, -0.2) is 0 Å². The molecule has 1 aliphatic rings. The summed E-state index contributed by atoms with van der Waals surface area (Å²) in [5.74, 6) is 0.654. The highest BCUT2D eigenvalue weighted by Crippen LogP contribution is 2.20. The van der Waals surface area contributed by atoms with Gasteiger partial charge in [0.2, 0.25) is 11.8 Å². The van der Waals surface area contributed by atoms with Crippen molar-refractivity contribution in [2.24, 2.45) is 0 Å². The average molecular weight is 437 g/mol. The maximum absolute atomic E-state index is 13.4. The highest BCUT2D eigenvalue weighted by Gasteiger charge is 2.28. The molecule has 32 heavy (non-hydrogen) atoms. The molecule has 5 nitrogen and oxygen atoms in total. The Labute approximate surface area is 192 Å². The molecule has 0 spiro atoms. The SMILES string of the molecule is COc1ccc(CN(C(=O)Cc2cc(C)cc(C)c2)[C@H](C)C(=O)NC2CCCCC2)cc1. The van der Waals surface area contributed by atoms with Gasteiger partial charge in [0.15, 0.2) is 0 Å². The van der Waals surface area contributed by atoms with Gasteiger partial charge in [0.1, 0.15) is 11.8 Å². The zero-order chi connectivity index (χ0) is 23.1. The summed E-state index contributed by atoms with van der Waals surface area (Å²) in [6.45, 7) is 6.29. The summed E-state index contributed by atoms with van der Waals surface area (Å²) in [6.07, 6.45) is 5.86. The fourth-order valence-corrected chi connectivity index (χ4v) is 4.53. The number of nitrogens with one attached hydrogen (secondary N) is 1. The smallest absolute Gasteiger partial charge is 0.242 e. The van der Waals surface area contributed by atoms with Crippen LogP contribution in [0.25, 0.3) is 0 Å². The normalized spacial score (nSPS) is 15.1. The predicted molar refractivity (Wildman–Crippen MR) is 128 cm³/mol. The second kappa shape index (κ2) is 11.2. The Kier molecular flexibility index (Phi) is 8.32. The molecule has 0 saturated heterocycles. The zero-order valence-electron chi connectivity index (χ0n) is 19.8. The molecule has 0 heterocycles. The Morgan fingerprint density at radius 3 is 2.22 bits per heavy atom. The van der Waals surface area contributed by atoms with Crippen molar-refractivity contribution in [1.82, 2.24) is 10.2 Å². The van der Waals surface area contributed by atoms with Crippen LogP contribution in [-0.2, 0) is 22.6 Å². The molecule has 1 N–H and O–H groups in total. The first-order valence-electron chi connectivity index (χ1n) is 11.7. The third kappa shape index (κ3) is 6.59. The van der Waals surface area contributed by atoms with Crippen molar-refractivity contribution in [2.45, 2.75) is 77.9 Å². The summed E-state index contributed by atoms with van der Waals surface area (Å²) in [5.41, 5.74) is 4.22. The zero-order valence-corrected chi connectivity index (χ0v) is 19.8. The Hall–Kier alpha value is -2.82. The Morgan fingerprint density at radius 2 is 1.62 bits per heavy atom. The fraction of sp³-hybridized carbons (Fsp3) is 0.481. The first-order chi connectivity index (χ1) is 15.4. The number of hydrogen-bond acceptors (Lipinski definition) is 3. The van der Waals surface area contributed by atoms with Crippen molar-refractivity contribution in [2.75, 3.05) is 7.11 Å². The maximum Gasteiger partial charge on any atom is 0.242 e. The summed E-state index contributed by atoms with van der Waals surface area (Å²) in [5, 5.41) is 3.19. The first-order valence-corrected chi connectivity index (χ1v) is 11.7. The number of nitrogens with zero attached hydrogens (tertiary/aromatic N) is 1. The van der Waals surface area contributed by atoms with Crippen LogP contribution in [0, 0.1) is 13.8 Å². The summed E-state index contributed by atoms with van der Waals surface area (Å²) < 4.78 is 5.25. The molecule has 0 radical (unpaired) electrons. The lowest BCUT2D eigenvalue weighted by atomic mass is 9.95. The van der Waals surface area contributed by atoms with Gasteiger partial charge in [0.25, 0.3) is 0 Å². The number of rotatable bonds is 8. The van der Waals surface area contributed by atoms with Gasteiger partial charge in [-0.1, -0.05) is 60.7 Å². The second-order valence-corrected chi connectivity index (χ2v) is 9.06. The topological polar surface area (TPSA) is 58.6 Å².